The van der Waals surface area contributed by atoms with Gasteiger partial charge in [0.05, 0.1) is 11.8 Å². The number of carbonyl (C=O) groups is 1. The molecule has 0 bridgehead atoms. The number of aromatic nitrogens is 2. The summed E-state index contributed by atoms with van der Waals surface area (Å²) in [6, 6.07) is 14.9. The number of rotatable bonds is 3. The number of halogens is 1. The van der Waals surface area contributed by atoms with E-state index in [0.29, 0.717) is 27.5 Å². The van der Waals surface area contributed by atoms with Crippen molar-refractivity contribution in [3.05, 3.63) is 80.7 Å². The van der Waals surface area contributed by atoms with E-state index in [1.807, 2.05) is 48.7 Å². The summed E-state index contributed by atoms with van der Waals surface area (Å²) in [6.07, 6.45) is 0.332. The number of aromatic amines is 1. The molecule has 1 aliphatic heterocycles. The molecule has 4 aromatic rings. The van der Waals surface area contributed by atoms with Crippen molar-refractivity contribution in [1.29, 1.82) is 0 Å². The number of hydrogen-bond donors (Lipinski definition) is 1. The summed E-state index contributed by atoms with van der Waals surface area (Å²) in [7, 11) is 0. The second-order valence-corrected chi connectivity index (χ2v) is 8.35. The summed E-state index contributed by atoms with van der Waals surface area (Å²) in [4.78, 5) is 35.3. The fraction of sp³-hybridized carbons (Fsp3) is 0.136. The molecule has 0 radical (unpaired) electrons. The van der Waals surface area contributed by atoms with Crippen LogP contribution >= 0.6 is 22.9 Å². The number of para-hydroxylation sites is 1. The van der Waals surface area contributed by atoms with Gasteiger partial charge in [-0.25, -0.2) is 4.98 Å². The van der Waals surface area contributed by atoms with E-state index in [1.54, 1.807) is 17.0 Å². The first-order valence-electron chi connectivity index (χ1n) is 9.18. The van der Waals surface area contributed by atoms with Crippen molar-refractivity contribution >= 4 is 44.7 Å². The molecule has 144 valence electrons. The molecule has 7 heteroatoms. The molecule has 1 N–H and O–H groups in total. The Balaban J connectivity index is 1.57. The summed E-state index contributed by atoms with van der Waals surface area (Å²) in [5.41, 5.74) is 3.42. The quantitative estimate of drug-likeness (QED) is 0.468. The Bertz CT molecular complexity index is 1310. The van der Waals surface area contributed by atoms with Gasteiger partial charge in [0.25, 0.3) is 5.56 Å². The molecule has 0 spiro atoms. The molecule has 1 aliphatic rings. The molecule has 1 amide bonds. The van der Waals surface area contributed by atoms with Crippen LogP contribution in [0.25, 0.3) is 21.3 Å². The van der Waals surface area contributed by atoms with Gasteiger partial charge in [-0.15, -0.1) is 11.3 Å². The molecule has 1 saturated heterocycles. The van der Waals surface area contributed by atoms with Gasteiger partial charge in [-0.2, -0.15) is 0 Å². The summed E-state index contributed by atoms with van der Waals surface area (Å²) in [5, 5.41) is 3.15. The Hall–Kier alpha value is -2.96. The van der Waals surface area contributed by atoms with E-state index in [9.17, 15) is 9.59 Å². The van der Waals surface area contributed by atoms with E-state index in [1.165, 1.54) is 11.3 Å². The van der Waals surface area contributed by atoms with Gasteiger partial charge in [0, 0.05) is 21.7 Å². The van der Waals surface area contributed by atoms with Gasteiger partial charge in [-0.05, 0) is 36.2 Å². The molecule has 5 nitrogen and oxygen atoms in total. The molecular weight excluding hydrogens is 406 g/mol. The van der Waals surface area contributed by atoms with Crippen molar-refractivity contribution in [2.75, 3.05) is 4.90 Å². The molecule has 0 saturated carbocycles. The molecule has 5 rings (SSSR count). The Kier molecular flexibility index (Phi) is 4.26. The fourth-order valence-corrected chi connectivity index (χ4v) is 4.82. The standard InChI is InChI=1S/C22H16ClN3O2S/c1-12-4-2-3-5-16(12)26-17(10-18(26)27)20-24-21(28)19-15(11-29-22(19)25-20)13-6-8-14(23)9-7-13/h2-9,11,17H,10H2,1H3,(H,24,25,28). The van der Waals surface area contributed by atoms with Crippen molar-refractivity contribution in [3.8, 4) is 11.1 Å². The normalized spacial score (nSPS) is 16.3. The molecular formula is C22H16ClN3O2S. The Labute approximate surface area is 175 Å². The number of amides is 1. The van der Waals surface area contributed by atoms with Crippen LogP contribution in [0.3, 0.4) is 0 Å². The number of nitrogens with zero attached hydrogens (tertiary/aromatic N) is 2. The van der Waals surface area contributed by atoms with Crippen molar-refractivity contribution < 1.29 is 4.79 Å². The predicted octanol–water partition coefficient (Wildman–Crippen LogP) is 5.09. The van der Waals surface area contributed by atoms with Crippen molar-refractivity contribution in [1.82, 2.24) is 9.97 Å². The number of benzene rings is 2. The minimum absolute atomic E-state index is 0.0279. The summed E-state index contributed by atoms with van der Waals surface area (Å²) < 4.78 is 0. The molecule has 2 aromatic carbocycles. The largest absolute Gasteiger partial charge is 0.308 e. The Morgan fingerprint density at radius 2 is 1.90 bits per heavy atom. The Morgan fingerprint density at radius 3 is 2.62 bits per heavy atom. The number of fused-ring (bicyclic) bond motifs is 1. The second-order valence-electron chi connectivity index (χ2n) is 7.06. The van der Waals surface area contributed by atoms with Gasteiger partial charge in [-0.3, -0.25) is 9.59 Å². The van der Waals surface area contributed by atoms with E-state index in [-0.39, 0.29) is 17.5 Å². The van der Waals surface area contributed by atoms with Crippen LogP contribution in [-0.4, -0.2) is 15.9 Å². The van der Waals surface area contributed by atoms with E-state index >= 15 is 0 Å². The van der Waals surface area contributed by atoms with Gasteiger partial charge in [0.15, 0.2) is 0 Å². The number of carbonyl (C=O) groups excluding carboxylic acids is 1. The van der Waals surface area contributed by atoms with Gasteiger partial charge in [-0.1, -0.05) is 41.9 Å². The maximum atomic E-state index is 12.9. The number of H-pyrrole nitrogens is 1. The third kappa shape index (κ3) is 2.96. The number of β-lactam (4-membered cyclic amide) rings is 1. The minimum Gasteiger partial charge on any atom is -0.308 e. The van der Waals surface area contributed by atoms with Crippen LogP contribution in [0.4, 0.5) is 5.69 Å². The molecule has 1 atom stereocenters. The minimum atomic E-state index is -0.262. The zero-order chi connectivity index (χ0) is 20.1. The first-order chi connectivity index (χ1) is 14.0. The van der Waals surface area contributed by atoms with Gasteiger partial charge < -0.3 is 9.88 Å². The highest BCUT2D eigenvalue weighted by molar-refractivity contribution is 7.17. The summed E-state index contributed by atoms with van der Waals surface area (Å²) >= 11 is 7.40. The topological polar surface area (TPSA) is 66.1 Å². The van der Waals surface area contributed by atoms with Crippen LogP contribution in [0.15, 0.2) is 58.7 Å². The lowest BCUT2D eigenvalue weighted by molar-refractivity contribution is -0.124. The molecule has 1 fully saturated rings. The van der Waals surface area contributed by atoms with E-state index in [2.05, 4.69) is 4.98 Å². The van der Waals surface area contributed by atoms with Crippen LogP contribution in [0.5, 0.6) is 0 Å². The smallest absolute Gasteiger partial charge is 0.260 e. The number of nitrogens with one attached hydrogen (secondary N) is 1. The highest BCUT2D eigenvalue weighted by Crippen LogP contribution is 2.39. The first kappa shape index (κ1) is 18.1. The van der Waals surface area contributed by atoms with Crippen LogP contribution < -0.4 is 10.5 Å². The fourth-order valence-electron chi connectivity index (χ4n) is 3.74. The molecule has 2 aromatic heterocycles. The van der Waals surface area contributed by atoms with Gasteiger partial charge in [0.1, 0.15) is 16.7 Å². The van der Waals surface area contributed by atoms with Crippen molar-refractivity contribution in [2.24, 2.45) is 0 Å². The molecule has 1 unspecified atom stereocenters. The van der Waals surface area contributed by atoms with Crippen LogP contribution in [0.2, 0.25) is 5.02 Å². The van der Waals surface area contributed by atoms with Crippen LogP contribution in [-0.2, 0) is 4.79 Å². The highest BCUT2D eigenvalue weighted by Gasteiger charge is 2.40. The lowest BCUT2D eigenvalue weighted by Gasteiger charge is -2.40. The van der Waals surface area contributed by atoms with Crippen molar-refractivity contribution in [2.45, 2.75) is 19.4 Å². The SMILES string of the molecule is Cc1ccccc1N1C(=O)CC1c1nc2scc(-c3ccc(Cl)cc3)c2c(=O)[nH]1. The average Bonchev–Trinajstić information content (AvgIpc) is 3.13. The zero-order valence-corrected chi connectivity index (χ0v) is 17.1. The predicted molar refractivity (Wildman–Crippen MR) is 117 cm³/mol. The molecule has 3 heterocycles. The molecule has 29 heavy (non-hydrogen) atoms. The maximum Gasteiger partial charge on any atom is 0.260 e. The second kappa shape index (κ2) is 6.83. The number of aryl methyl sites for hydroxylation is 1. The lowest BCUT2D eigenvalue weighted by Crippen LogP contribution is -2.48. The van der Waals surface area contributed by atoms with Gasteiger partial charge >= 0.3 is 0 Å². The molecule has 0 aliphatic carbocycles. The third-order valence-electron chi connectivity index (χ3n) is 5.26. The lowest BCUT2D eigenvalue weighted by atomic mass is 9.98. The van der Waals surface area contributed by atoms with E-state index in [4.69, 9.17) is 16.6 Å². The number of hydrogen-bond acceptors (Lipinski definition) is 4. The van der Waals surface area contributed by atoms with Crippen LogP contribution in [0.1, 0.15) is 23.9 Å². The summed E-state index contributed by atoms with van der Waals surface area (Å²) in [5.74, 6) is 0.551. The maximum absolute atomic E-state index is 12.9. The van der Waals surface area contributed by atoms with E-state index < -0.39 is 0 Å². The zero-order valence-electron chi connectivity index (χ0n) is 15.5. The number of thiophene rings is 1. The first-order valence-corrected chi connectivity index (χ1v) is 10.4. The Morgan fingerprint density at radius 1 is 1.14 bits per heavy atom. The van der Waals surface area contributed by atoms with E-state index in [0.717, 1.165) is 22.4 Å². The highest BCUT2D eigenvalue weighted by atomic mass is 35.5. The van der Waals surface area contributed by atoms with Gasteiger partial charge in [0.2, 0.25) is 5.91 Å². The number of anilines is 1. The third-order valence-corrected chi connectivity index (χ3v) is 6.38. The van der Waals surface area contributed by atoms with Crippen LogP contribution in [0, 0.1) is 6.92 Å². The monoisotopic (exact) mass is 421 g/mol. The van der Waals surface area contributed by atoms with Crippen molar-refractivity contribution in [3.63, 3.8) is 0 Å². The average molecular weight is 422 g/mol. The summed E-state index contributed by atoms with van der Waals surface area (Å²) in [6.45, 7) is 1.97.